The summed E-state index contributed by atoms with van der Waals surface area (Å²) in [4.78, 5) is 81.2. The maximum absolute atomic E-state index is 13.6. The van der Waals surface area contributed by atoms with Gasteiger partial charge < -0.3 is 29.7 Å². The number of carbonyl (C=O) groups excluding carboxylic acids is 4. The Labute approximate surface area is 313 Å². The number of aliphatic hydroxyl groups excluding tert-OH is 1. The third-order valence-electron chi connectivity index (χ3n) is 9.96. The van der Waals surface area contributed by atoms with Gasteiger partial charge in [0.2, 0.25) is 11.8 Å². The van der Waals surface area contributed by atoms with Gasteiger partial charge in [0.05, 0.1) is 46.3 Å². The van der Waals surface area contributed by atoms with Gasteiger partial charge in [0.1, 0.15) is 18.9 Å². The van der Waals surface area contributed by atoms with Crippen molar-refractivity contribution >= 4 is 53.4 Å². The summed E-state index contributed by atoms with van der Waals surface area (Å²) in [6.07, 6.45) is 0.641. The lowest BCUT2D eigenvalue weighted by atomic mass is 9.79. The number of esters is 1. The molecule has 286 valence electrons. The molecule has 54 heavy (non-hydrogen) atoms. The van der Waals surface area contributed by atoms with Crippen LogP contribution in [0, 0.1) is 32.1 Å². The number of benzene rings is 2. The second kappa shape index (κ2) is 16.3. The van der Waals surface area contributed by atoms with Crippen LogP contribution < -0.4 is 10.6 Å². The zero-order valence-electron chi connectivity index (χ0n) is 29.4. The second-order valence-corrected chi connectivity index (χ2v) is 14.9. The highest BCUT2D eigenvalue weighted by Gasteiger charge is 2.60. The molecule has 18 nitrogen and oxygen atoms in total. The lowest BCUT2D eigenvalue weighted by molar-refractivity contribution is -0.385. The van der Waals surface area contributed by atoms with Gasteiger partial charge in [0.25, 0.3) is 11.4 Å². The minimum Gasteiger partial charge on any atom is -0.456 e. The number of thioether (sulfide) groups is 1. The Morgan fingerprint density at radius 3 is 2.26 bits per heavy atom. The van der Waals surface area contributed by atoms with E-state index in [1.165, 1.54) is 71.5 Å². The van der Waals surface area contributed by atoms with Crippen LogP contribution in [0.1, 0.15) is 37.8 Å². The molecule has 6 rings (SSSR count). The molecule has 3 saturated heterocycles. The van der Waals surface area contributed by atoms with Crippen LogP contribution >= 0.6 is 11.8 Å². The first-order chi connectivity index (χ1) is 25.8. The molecule has 7 atom stereocenters. The van der Waals surface area contributed by atoms with Crippen LogP contribution in [0.15, 0.2) is 64.1 Å². The normalized spacial score (nSPS) is 25.4. The highest BCUT2D eigenvalue weighted by Crippen LogP contribution is 2.52. The Balaban J connectivity index is 1.01. The average molecular weight is 766 g/mol. The fourth-order valence-electron chi connectivity index (χ4n) is 7.14. The fraction of sp³-hybridized carbons (Fsp3) is 0.457. The third-order valence-corrected chi connectivity index (χ3v) is 11.5. The van der Waals surface area contributed by atoms with Gasteiger partial charge in [0.15, 0.2) is 0 Å². The van der Waals surface area contributed by atoms with Crippen molar-refractivity contribution in [2.75, 3.05) is 19.6 Å². The van der Waals surface area contributed by atoms with Gasteiger partial charge in [0, 0.05) is 60.0 Å². The molecule has 3 amide bonds. The SMILES string of the molecule is C[C@@H](O)[C@H]1C(=O)N2C(C(=O)OCc3ccc([N+](=O)[O-])cc3)=C(S[C@@H]3CN[C@H](C(=O)N4CC[C@H](N=CNC(=O)OCc5ccc([N+](=O)[O-])cc5)C4)C3)[C@H](C)[C@H]12. The number of alkyl carbamates (subject to hydrolysis) is 1. The van der Waals surface area contributed by atoms with E-state index >= 15 is 0 Å². The number of ether oxygens (including phenoxy) is 2. The minimum atomic E-state index is -0.911. The average Bonchev–Trinajstić information content (AvgIpc) is 3.88. The molecule has 0 aliphatic carbocycles. The molecule has 2 aromatic rings. The summed E-state index contributed by atoms with van der Waals surface area (Å²) in [5, 5.41) is 37.8. The molecule has 0 saturated carbocycles. The molecule has 0 spiro atoms. The first kappa shape index (κ1) is 38.3. The van der Waals surface area contributed by atoms with Gasteiger partial charge in [-0.05, 0) is 55.2 Å². The molecule has 0 bridgehead atoms. The first-order valence-electron chi connectivity index (χ1n) is 17.3. The number of hydrogen-bond donors (Lipinski definition) is 3. The van der Waals surface area contributed by atoms with E-state index in [0.717, 1.165) is 0 Å². The third kappa shape index (κ3) is 8.22. The van der Waals surface area contributed by atoms with Crippen LogP contribution in [-0.4, -0.2) is 104 Å². The number of rotatable bonds is 13. The Morgan fingerprint density at radius 1 is 1.06 bits per heavy atom. The van der Waals surface area contributed by atoms with E-state index in [4.69, 9.17) is 9.47 Å². The largest absolute Gasteiger partial charge is 0.456 e. The molecule has 2 aromatic carbocycles. The monoisotopic (exact) mass is 765 g/mol. The number of non-ortho nitro benzene ring substituents is 2. The number of likely N-dealkylation sites (tertiary alicyclic amines) is 1. The van der Waals surface area contributed by atoms with Gasteiger partial charge in [-0.3, -0.25) is 40.1 Å². The van der Waals surface area contributed by atoms with E-state index in [-0.39, 0.29) is 59.3 Å². The van der Waals surface area contributed by atoms with Gasteiger partial charge in [-0.1, -0.05) is 6.92 Å². The van der Waals surface area contributed by atoms with Crippen molar-refractivity contribution in [3.63, 3.8) is 0 Å². The Hall–Kier alpha value is -5.40. The molecule has 0 radical (unpaired) electrons. The maximum Gasteiger partial charge on any atom is 0.412 e. The summed E-state index contributed by atoms with van der Waals surface area (Å²) in [5.41, 5.74) is 1.08. The summed E-state index contributed by atoms with van der Waals surface area (Å²) in [6.45, 7) is 4.52. The van der Waals surface area contributed by atoms with E-state index in [1.54, 1.807) is 11.8 Å². The van der Waals surface area contributed by atoms with Crippen LogP contribution in [0.4, 0.5) is 16.2 Å². The second-order valence-electron chi connectivity index (χ2n) is 13.6. The zero-order chi connectivity index (χ0) is 38.7. The van der Waals surface area contributed by atoms with Crippen LogP contribution in [-0.2, 0) is 37.1 Å². The van der Waals surface area contributed by atoms with Crippen molar-refractivity contribution < 1.29 is 43.6 Å². The molecular formula is C35H39N7O11S. The van der Waals surface area contributed by atoms with Crippen molar-refractivity contribution in [1.29, 1.82) is 0 Å². The number of nitro groups is 2. The highest BCUT2D eigenvalue weighted by molar-refractivity contribution is 8.03. The Bertz CT molecular complexity index is 1870. The van der Waals surface area contributed by atoms with Crippen LogP contribution in [0.2, 0.25) is 0 Å². The quantitative estimate of drug-likeness (QED) is 0.0665. The van der Waals surface area contributed by atoms with E-state index < -0.39 is 46.0 Å². The van der Waals surface area contributed by atoms with E-state index in [2.05, 4.69) is 15.6 Å². The number of aliphatic hydroxyl groups is 1. The van der Waals surface area contributed by atoms with Crippen molar-refractivity contribution in [3.8, 4) is 0 Å². The standard InChI is InChI=1S/C35H39N7O11S/c1-19-29-28(20(2)43)33(45)40(29)30(34(46)52-16-21-3-7-24(8-4-21)41(48)49)31(19)54-26-13-27(36-14-26)32(44)39-12-11-23(15-39)37-18-38-35(47)53-17-22-5-9-25(10-6-22)42(50)51/h3-10,18-20,23,26-29,36,43H,11-17H2,1-2H3,(H,37,38,47)/t19-,20-,23+,26+,27+,28-,29-/m1/s1. The topological polar surface area (TPSA) is 236 Å². The minimum absolute atomic E-state index is 0.0666. The molecule has 19 heteroatoms. The number of carbonyl (C=O) groups is 4. The lowest BCUT2D eigenvalue weighted by Gasteiger charge is -2.46. The fourth-order valence-corrected chi connectivity index (χ4v) is 8.62. The molecule has 4 aliphatic rings. The summed E-state index contributed by atoms with van der Waals surface area (Å²) >= 11 is 1.42. The van der Waals surface area contributed by atoms with Crippen molar-refractivity contribution in [1.82, 2.24) is 20.4 Å². The summed E-state index contributed by atoms with van der Waals surface area (Å²) < 4.78 is 10.7. The summed E-state index contributed by atoms with van der Waals surface area (Å²) in [6, 6.07) is 10.1. The number of β-lactam (4-membered cyclic amide) rings is 1. The molecule has 3 fully saturated rings. The first-order valence-corrected chi connectivity index (χ1v) is 18.2. The van der Waals surface area contributed by atoms with Gasteiger partial charge in [-0.2, -0.15) is 0 Å². The summed E-state index contributed by atoms with van der Waals surface area (Å²) in [5.74, 6) is -2.10. The van der Waals surface area contributed by atoms with E-state index in [1.807, 2.05) is 6.92 Å². The van der Waals surface area contributed by atoms with E-state index in [9.17, 15) is 44.5 Å². The molecular weight excluding hydrogens is 726 g/mol. The van der Waals surface area contributed by atoms with Crippen molar-refractivity contribution in [3.05, 3.63) is 90.5 Å². The predicted molar refractivity (Wildman–Crippen MR) is 193 cm³/mol. The molecule has 0 unspecified atom stereocenters. The lowest BCUT2D eigenvalue weighted by Crippen LogP contribution is -2.63. The van der Waals surface area contributed by atoms with Gasteiger partial charge in [-0.25, -0.2) is 9.59 Å². The molecule has 4 heterocycles. The van der Waals surface area contributed by atoms with Crippen molar-refractivity contribution in [2.45, 2.75) is 69.4 Å². The van der Waals surface area contributed by atoms with Crippen LogP contribution in [0.3, 0.4) is 0 Å². The Kier molecular flexibility index (Phi) is 11.6. The number of nitrogens with one attached hydrogen (secondary N) is 2. The zero-order valence-corrected chi connectivity index (χ0v) is 30.2. The smallest absolute Gasteiger partial charge is 0.412 e. The Morgan fingerprint density at radius 2 is 1.67 bits per heavy atom. The van der Waals surface area contributed by atoms with Gasteiger partial charge >= 0.3 is 12.1 Å². The number of hydrogen-bond acceptors (Lipinski definition) is 14. The number of aliphatic imine (C=N–C) groups is 1. The van der Waals surface area contributed by atoms with Gasteiger partial charge in [-0.15, -0.1) is 11.8 Å². The maximum atomic E-state index is 13.6. The highest BCUT2D eigenvalue weighted by atomic mass is 32.2. The molecule has 4 aliphatic heterocycles. The summed E-state index contributed by atoms with van der Waals surface area (Å²) in [7, 11) is 0. The number of nitro benzene ring substituents is 2. The number of fused-ring (bicyclic) bond motifs is 1. The number of nitrogens with zero attached hydrogens (tertiary/aromatic N) is 5. The van der Waals surface area contributed by atoms with Crippen LogP contribution in [0.5, 0.6) is 0 Å². The van der Waals surface area contributed by atoms with E-state index in [0.29, 0.717) is 48.5 Å². The predicted octanol–water partition coefficient (Wildman–Crippen LogP) is 2.63. The number of amides is 3. The van der Waals surface area contributed by atoms with Crippen LogP contribution in [0.25, 0.3) is 0 Å². The molecule has 3 N–H and O–H groups in total. The van der Waals surface area contributed by atoms with Crippen molar-refractivity contribution in [2.24, 2.45) is 16.8 Å². The molecule has 0 aromatic heterocycles.